The van der Waals surface area contributed by atoms with Crippen molar-refractivity contribution >= 4 is 56.1 Å². The van der Waals surface area contributed by atoms with Gasteiger partial charge in [-0.1, -0.05) is 0 Å². The van der Waals surface area contributed by atoms with Crippen molar-refractivity contribution in [1.29, 1.82) is 0 Å². The number of aliphatic hydroxyl groups is 1. The number of aliphatic hydroxyl groups excluding tert-OH is 1. The molecule has 2 N–H and O–H groups in total. The number of methoxy groups -OCH3 is 1. The second-order valence-corrected chi connectivity index (χ2v) is 6.68. The third-order valence-corrected chi connectivity index (χ3v) is 4.71. The van der Waals surface area contributed by atoms with Gasteiger partial charge in [0.1, 0.15) is 11.5 Å². The van der Waals surface area contributed by atoms with Crippen LogP contribution in [0, 0.1) is 9.39 Å². The molecule has 0 saturated heterocycles. The van der Waals surface area contributed by atoms with E-state index in [9.17, 15) is 14.0 Å². The largest absolute Gasteiger partial charge is 0.466 e. The second-order valence-electron chi connectivity index (χ2n) is 4.67. The van der Waals surface area contributed by atoms with Gasteiger partial charge in [-0.15, -0.1) is 0 Å². The van der Waals surface area contributed by atoms with Crippen molar-refractivity contribution in [3.63, 3.8) is 0 Å². The van der Waals surface area contributed by atoms with E-state index in [1.54, 1.807) is 6.07 Å². The highest BCUT2D eigenvalue weighted by molar-refractivity contribution is 14.1. The smallest absolute Gasteiger partial charge is 0.337 e. The number of hydrogen-bond acceptors (Lipinski definition) is 5. The maximum absolute atomic E-state index is 13.7. The summed E-state index contributed by atoms with van der Waals surface area (Å²) in [4.78, 5) is 25.5. The Balaban J connectivity index is 2.39. The highest BCUT2D eigenvalue weighted by Crippen LogP contribution is 2.30. The van der Waals surface area contributed by atoms with E-state index in [2.05, 4.69) is 26.0 Å². The molecule has 124 valence electrons. The summed E-state index contributed by atoms with van der Waals surface area (Å²) >= 11 is 5.14. The quantitative estimate of drug-likeness (QED) is 0.368. The van der Waals surface area contributed by atoms with Crippen LogP contribution in [-0.4, -0.2) is 48.7 Å². The molecule has 6 nitrogen and oxygen atoms in total. The Labute approximate surface area is 153 Å². The first-order valence-corrected chi connectivity index (χ1v) is 8.39. The lowest BCUT2D eigenvalue weighted by Crippen LogP contribution is -2.31. The average molecular weight is 499 g/mol. The molecular formula is C14H13BrFIN2O4. The summed E-state index contributed by atoms with van der Waals surface area (Å²) in [5.74, 6) is -1.55. The van der Waals surface area contributed by atoms with Crippen LogP contribution in [0.1, 0.15) is 0 Å². The van der Waals surface area contributed by atoms with Crippen molar-refractivity contribution in [3.8, 4) is 0 Å². The predicted molar refractivity (Wildman–Crippen MR) is 93.1 cm³/mol. The lowest BCUT2D eigenvalue weighted by Gasteiger charge is -2.15. The molecule has 0 fully saturated rings. The number of carbonyl (C=O) groups is 2. The topological polar surface area (TPSA) is 78.9 Å². The number of amides is 1. The van der Waals surface area contributed by atoms with Gasteiger partial charge in [-0.2, -0.15) is 0 Å². The molecule has 1 aliphatic heterocycles. The molecule has 0 bridgehead atoms. The number of benzene rings is 1. The first-order valence-electron chi connectivity index (χ1n) is 6.52. The van der Waals surface area contributed by atoms with Crippen molar-refractivity contribution in [3.05, 3.63) is 37.3 Å². The number of carbonyl (C=O) groups excluding carboxylic acids is 2. The van der Waals surface area contributed by atoms with Crippen molar-refractivity contribution in [2.24, 2.45) is 0 Å². The summed E-state index contributed by atoms with van der Waals surface area (Å²) in [5, 5.41) is 11.8. The van der Waals surface area contributed by atoms with Gasteiger partial charge in [0.25, 0.3) is 5.91 Å². The van der Waals surface area contributed by atoms with Crippen LogP contribution >= 0.6 is 38.5 Å². The zero-order chi connectivity index (χ0) is 17.1. The predicted octanol–water partition coefficient (Wildman–Crippen LogP) is 1.87. The minimum absolute atomic E-state index is 0.0200. The highest BCUT2D eigenvalue weighted by atomic mass is 127. The summed E-state index contributed by atoms with van der Waals surface area (Å²) < 4.78 is 19.4. The fraction of sp³-hybridized carbons (Fsp3) is 0.286. The van der Waals surface area contributed by atoms with E-state index in [1.807, 2.05) is 22.6 Å². The first kappa shape index (κ1) is 18.1. The number of ether oxygens (including phenoxy) is 1. The molecule has 0 atom stereocenters. The number of halogens is 3. The zero-order valence-electron chi connectivity index (χ0n) is 12.0. The van der Waals surface area contributed by atoms with Crippen LogP contribution in [0.5, 0.6) is 0 Å². The zero-order valence-corrected chi connectivity index (χ0v) is 15.8. The lowest BCUT2D eigenvalue weighted by molar-refractivity contribution is -0.136. The van der Waals surface area contributed by atoms with E-state index in [-0.39, 0.29) is 31.0 Å². The first-order chi connectivity index (χ1) is 10.9. The Morgan fingerprint density at radius 1 is 1.57 bits per heavy atom. The molecule has 0 aliphatic carbocycles. The molecule has 9 heteroatoms. The van der Waals surface area contributed by atoms with Crippen LogP contribution in [0.3, 0.4) is 0 Å². The molecule has 1 aliphatic rings. The molecule has 2 rings (SSSR count). The van der Waals surface area contributed by atoms with Gasteiger partial charge in [0.2, 0.25) is 0 Å². The van der Waals surface area contributed by atoms with Crippen LogP contribution in [-0.2, 0) is 14.3 Å². The van der Waals surface area contributed by atoms with Crippen LogP contribution in [0.4, 0.5) is 10.1 Å². The molecule has 0 unspecified atom stereocenters. The number of nitrogens with zero attached hydrogens (tertiary/aromatic N) is 1. The van der Waals surface area contributed by atoms with E-state index >= 15 is 0 Å². The highest BCUT2D eigenvalue weighted by Gasteiger charge is 2.34. The number of nitrogens with one attached hydrogen (secondary N) is 1. The minimum Gasteiger partial charge on any atom is -0.466 e. The van der Waals surface area contributed by atoms with Crippen molar-refractivity contribution in [2.45, 2.75) is 0 Å². The molecule has 1 aromatic rings. The lowest BCUT2D eigenvalue weighted by atomic mass is 10.2. The molecule has 0 saturated carbocycles. The van der Waals surface area contributed by atoms with Gasteiger partial charge >= 0.3 is 5.97 Å². The Hall–Kier alpha value is -1.20. The molecular weight excluding hydrogens is 486 g/mol. The Bertz CT molecular complexity index is 696. The summed E-state index contributed by atoms with van der Waals surface area (Å²) in [6, 6.07) is 2.79. The van der Waals surface area contributed by atoms with Crippen molar-refractivity contribution < 1.29 is 23.8 Å². The SMILES string of the molecule is COC(=O)C1=C(Nc2cc(F)c(I)cc2Br)C(=O)N(CCO)C1. The molecule has 0 spiro atoms. The van der Waals surface area contributed by atoms with E-state index in [4.69, 9.17) is 5.11 Å². The van der Waals surface area contributed by atoms with E-state index < -0.39 is 17.7 Å². The molecule has 1 aromatic carbocycles. The number of anilines is 1. The van der Waals surface area contributed by atoms with Gasteiger partial charge in [-0.3, -0.25) is 4.79 Å². The third-order valence-electron chi connectivity index (χ3n) is 3.22. The number of hydrogen-bond donors (Lipinski definition) is 2. The van der Waals surface area contributed by atoms with Gasteiger partial charge in [0.05, 0.1) is 35.1 Å². The van der Waals surface area contributed by atoms with Crippen molar-refractivity contribution in [1.82, 2.24) is 4.90 Å². The number of esters is 1. The second kappa shape index (κ2) is 7.58. The summed E-state index contributed by atoms with van der Waals surface area (Å²) in [6.07, 6.45) is 0. The molecule has 1 amide bonds. The maximum Gasteiger partial charge on any atom is 0.337 e. The average Bonchev–Trinajstić information content (AvgIpc) is 2.81. The maximum atomic E-state index is 13.7. The van der Waals surface area contributed by atoms with Crippen molar-refractivity contribution in [2.75, 3.05) is 32.1 Å². The Morgan fingerprint density at radius 3 is 2.87 bits per heavy atom. The van der Waals surface area contributed by atoms with Crippen LogP contribution in [0.25, 0.3) is 0 Å². The fourth-order valence-corrected chi connectivity index (χ4v) is 3.44. The van der Waals surface area contributed by atoms with Gasteiger partial charge in [-0.25, -0.2) is 9.18 Å². The third kappa shape index (κ3) is 3.83. The van der Waals surface area contributed by atoms with E-state index in [0.717, 1.165) is 0 Å². The monoisotopic (exact) mass is 498 g/mol. The fourth-order valence-electron chi connectivity index (χ4n) is 2.10. The van der Waals surface area contributed by atoms with Crippen LogP contribution < -0.4 is 5.32 Å². The summed E-state index contributed by atoms with van der Waals surface area (Å²) in [7, 11) is 1.21. The summed E-state index contributed by atoms with van der Waals surface area (Å²) in [6.45, 7) is -0.110. The van der Waals surface area contributed by atoms with Gasteiger partial charge in [-0.05, 0) is 50.7 Å². The molecule has 0 radical (unpaired) electrons. The van der Waals surface area contributed by atoms with Crippen LogP contribution in [0.15, 0.2) is 27.9 Å². The Morgan fingerprint density at radius 2 is 2.26 bits per heavy atom. The standard InChI is InChI=1S/C14H13BrFIN2O4/c1-23-14(22)7-6-19(2-3-20)13(21)12(7)18-11-5-9(16)10(17)4-8(11)15/h4-5,18,20H,2-3,6H2,1H3. The molecule has 0 aromatic heterocycles. The van der Waals surface area contributed by atoms with Crippen LogP contribution in [0.2, 0.25) is 0 Å². The van der Waals surface area contributed by atoms with Gasteiger partial charge in [0.15, 0.2) is 0 Å². The Kier molecular flexibility index (Phi) is 5.98. The van der Waals surface area contributed by atoms with E-state index in [1.165, 1.54) is 18.1 Å². The number of β-amino-alcohol motifs (C(OH)–C–C–N with tert-alkyl or cyclic N) is 1. The summed E-state index contributed by atoms with van der Waals surface area (Å²) in [5.41, 5.74) is 0.474. The normalized spacial score (nSPS) is 14.5. The van der Waals surface area contributed by atoms with Gasteiger partial charge < -0.3 is 20.1 Å². The molecule has 23 heavy (non-hydrogen) atoms. The minimum atomic E-state index is -0.650. The van der Waals surface area contributed by atoms with E-state index in [0.29, 0.717) is 13.7 Å². The number of rotatable bonds is 5. The molecule has 1 heterocycles. The van der Waals surface area contributed by atoms with Gasteiger partial charge in [0, 0.05) is 11.0 Å².